The van der Waals surface area contributed by atoms with Gasteiger partial charge in [0.05, 0.1) is 21.2 Å². The standard InChI is InChI=1S/C79H18S7/c1-11-73(84-76(83-11)77-85-74-75(86-77)82-10-9-81-74)80-8-4-6-12-5-2-3-7-13(12)72-78-68-60-52-42-32-24-16-14-15-18-22-20(16)28-36-30(22)40-34-26(18)27-19(15)23-21-17(14)25(24)33-39-29(21)37-31(23)41-35(27)45-44(34)54-48(40)58-50(36)56(46(52)38(28)32)64(68)66(58)70-62(54)63-55(45)49(41)59-51(37)57-47(39)53(43(33)42)61(60)69(78)65(57)67(59)71(63)79(70,72)78/h2-3,5,7,72H,4,6,8-10H2,1H3. The molecule has 1 fully saturated rings. The number of hydrogen-bond acceptors (Lipinski definition) is 7. The fraction of sp³-hybridized carbons (Fsp3) is 0.114. The number of benzene rings is 19. The van der Waals surface area contributed by atoms with Gasteiger partial charge in [0.15, 0.2) is 0 Å². The Morgan fingerprint density at radius 2 is 0.593 bits per heavy atom. The van der Waals surface area contributed by atoms with Crippen LogP contribution in [-0.4, -0.2) is 17.3 Å². The van der Waals surface area contributed by atoms with Crippen LogP contribution in [-0.2, 0) is 17.3 Å². The largest absolute Gasteiger partial charge is 0.118 e. The molecule has 0 atom stereocenters. The predicted molar refractivity (Wildman–Crippen MR) is 386 cm³/mol. The molecule has 8 aliphatic rings. The molecule has 3 heterocycles. The molecule has 86 heavy (non-hydrogen) atoms. The van der Waals surface area contributed by atoms with Gasteiger partial charge in [0.25, 0.3) is 0 Å². The molecule has 0 saturated heterocycles. The van der Waals surface area contributed by atoms with Crippen molar-refractivity contribution in [1.29, 1.82) is 0 Å². The minimum absolute atomic E-state index is 0.186. The van der Waals surface area contributed by atoms with Crippen LogP contribution < -0.4 is 0 Å². The Morgan fingerprint density at radius 1 is 0.326 bits per heavy atom. The van der Waals surface area contributed by atoms with E-state index in [2.05, 4.69) is 102 Å². The van der Waals surface area contributed by atoms with Crippen molar-refractivity contribution < 1.29 is 0 Å². The van der Waals surface area contributed by atoms with Crippen LogP contribution in [0.5, 0.6) is 0 Å². The monoisotopic (exact) mass is 1190 g/mol. The van der Waals surface area contributed by atoms with Crippen molar-refractivity contribution in [2.24, 2.45) is 0 Å². The van der Waals surface area contributed by atoms with Crippen LogP contribution >= 0.6 is 82.3 Å². The van der Waals surface area contributed by atoms with E-state index in [0.29, 0.717) is 5.92 Å². The Balaban J connectivity index is 0.769. The summed E-state index contributed by atoms with van der Waals surface area (Å²) in [6, 6.07) is 10.3. The molecule has 5 aliphatic carbocycles. The van der Waals surface area contributed by atoms with Gasteiger partial charge in [0.2, 0.25) is 0 Å². The molecule has 29 aromatic carbocycles. The molecule has 0 aromatic heterocycles. The first-order valence-corrected chi connectivity index (χ1v) is 37.6. The Kier molecular flexibility index (Phi) is 4.11. The van der Waals surface area contributed by atoms with Gasteiger partial charge in [-0.25, -0.2) is 0 Å². The van der Waals surface area contributed by atoms with Gasteiger partial charge < -0.3 is 0 Å². The van der Waals surface area contributed by atoms with Crippen molar-refractivity contribution in [3.8, 4) is 0 Å². The van der Waals surface area contributed by atoms with E-state index in [0.717, 1.165) is 12.2 Å². The zero-order chi connectivity index (χ0) is 52.0. The second-order valence-corrected chi connectivity index (χ2v) is 38.4. The van der Waals surface area contributed by atoms with Crippen LogP contribution in [0.2, 0.25) is 0 Å². The summed E-state index contributed by atoms with van der Waals surface area (Å²) in [5.41, 5.74) is 10.2. The summed E-state index contributed by atoms with van der Waals surface area (Å²) in [5, 5.41) is 91.3. The molecular weight excluding hydrogens is 1170 g/mol. The van der Waals surface area contributed by atoms with Crippen LogP contribution in [0, 0.1) is 0 Å². The van der Waals surface area contributed by atoms with Crippen LogP contribution in [0.3, 0.4) is 0 Å². The van der Waals surface area contributed by atoms with E-state index in [1.54, 1.807) is 315 Å². The Morgan fingerprint density at radius 3 is 0.895 bits per heavy atom. The zero-order valence-electron chi connectivity index (χ0n) is 44.3. The summed E-state index contributed by atoms with van der Waals surface area (Å²) in [6.45, 7) is 2.39. The van der Waals surface area contributed by atoms with E-state index in [4.69, 9.17) is 0 Å². The third-order valence-corrected chi connectivity index (χ3v) is 38.9. The summed E-state index contributed by atoms with van der Waals surface area (Å²) in [6.07, 6.45) is 2.31. The second-order valence-electron chi connectivity index (χ2n) is 29.5. The molecule has 0 nitrogen and oxygen atoms in total. The third kappa shape index (κ3) is 2.40. The van der Waals surface area contributed by atoms with Crippen molar-refractivity contribution in [2.75, 3.05) is 17.3 Å². The predicted octanol–water partition coefficient (Wildman–Crippen LogP) is 24.6. The number of rotatable bonds is 6. The number of aryl methyl sites for hydroxylation is 1. The summed E-state index contributed by atoms with van der Waals surface area (Å²) in [4.78, 5) is 1.51. The Bertz CT molecular complexity index is 7690. The Labute approximate surface area is 506 Å². The molecular formula is C79H18S7. The third-order valence-electron chi connectivity index (χ3n) is 28.4. The molecule has 3 aliphatic heterocycles. The maximum atomic E-state index is 2.72. The average Bonchev–Trinajstić information content (AvgIpc) is 1.37. The molecule has 1 saturated carbocycles. The second kappa shape index (κ2) is 9.48. The molecule has 7 heteroatoms. The highest BCUT2D eigenvalue weighted by atomic mass is 32.3. The van der Waals surface area contributed by atoms with E-state index in [1.165, 1.54) is 31.3 Å². The molecule has 0 amide bonds. The van der Waals surface area contributed by atoms with E-state index < -0.39 is 0 Å². The minimum atomic E-state index is -0.186. The zero-order valence-corrected chi connectivity index (χ0v) is 50.0. The van der Waals surface area contributed by atoms with Crippen LogP contribution in [0.4, 0.5) is 0 Å². The van der Waals surface area contributed by atoms with Gasteiger partial charge in [-0.3, -0.25) is 0 Å². The van der Waals surface area contributed by atoms with Crippen LogP contribution in [0.1, 0.15) is 52.6 Å². The fourth-order valence-corrected chi connectivity index (χ4v) is 38.1. The lowest BCUT2D eigenvalue weighted by atomic mass is 9.68. The van der Waals surface area contributed by atoms with Gasteiger partial charge >= 0.3 is 0 Å². The summed E-state index contributed by atoms with van der Waals surface area (Å²) < 4.78 is 7.70. The quantitative estimate of drug-likeness (QED) is 0.119. The van der Waals surface area contributed by atoms with Crippen molar-refractivity contribution in [2.45, 2.75) is 36.5 Å². The molecule has 0 N–H and O–H groups in total. The van der Waals surface area contributed by atoms with Crippen molar-refractivity contribution in [3.05, 3.63) is 83.7 Å². The topological polar surface area (TPSA) is 0 Å². The highest BCUT2D eigenvalue weighted by Gasteiger charge is 2.87. The number of hydrogen-bond donors (Lipinski definition) is 0. The average molecular weight is 1190 g/mol. The highest BCUT2D eigenvalue weighted by molar-refractivity contribution is 8.43. The van der Waals surface area contributed by atoms with E-state index in [1.807, 2.05) is 34.0 Å². The molecule has 37 rings (SSSR count). The molecule has 376 valence electrons. The van der Waals surface area contributed by atoms with Gasteiger partial charge in [-0.15, -0.1) is 35.3 Å². The van der Waals surface area contributed by atoms with E-state index >= 15 is 0 Å². The van der Waals surface area contributed by atoms with Gasteiger partial charge in [0.1, 0.15) is 0 Å². The number of thioether (sulfide) groups is 7. The van der Waals surface area contributed by atoms with Crippen molar-refractivity contribution in [1.82, 2.24) is 0 Å². The van der Waals surface area contributed by atoms with Crippen molar-refractivity contribution in [3.63, 3.8) is 0 Å². The summed E-state index contributed by atoms with van der Waals surface area (Å²) >= 11 is 14.5. The maximum Gasteiger partial charge on any atom is 0.0717 e. The van der Waals surface area contributed by atoms with Crippen LogP contribution in [0.25, 0.3) is 291 Å². The van der Waals surface area contributed by atoms with Gasteiger partial charge in [-0.05, 0) is 350 Å². The molecule has 2 spiro atoms. The first-order valence-electron chi connectivity index (χ1n) is 31.4. The summed E-state index contributed by atoms with van der Waals surface area (Å²) in [5.74, 6) is 3.97. The van der Waals surface area contributed by atoms with Crippen LogP contribution in [0.15, 0.2) is 50.4 Å². The highest BCUT2D eigenvalue weighted by Crippen LogP contribution is 2.94. The maximum absolute atomic E-state index is 2.72. The fourth-order valence-electron chi connectivity index (χ4n) is 27.7. The normalized spacial score (nSPS) is 24.0. The first-order chi connectivity index (χ1) is 42.8. The lowest BCUT2D eigenvalue weighted by Crippen LogP contribution is -2.27. The van der Waals surface area contributed by atoms with Gasteiger partial charge in [0, 0.05) is 33.2 Å². The van der Waals surface area contributed by atoms with Gasteiger partial charge in [-0.1, -0.05) is 71.3 Å². The smallest absolute Gasteiger partial charge is 0.0717 e. The SMILES string of the molecule is CC1=C(SCCCc2ccccc2C2C34c5c6c7c8c9c%10c(c%11c%12c3c3c5c5c%13c6c6c7c7c9c9c%14c%10c%10c%11c%11c%12c%12c3c3c5c5c%13c%13c6c6c7c9c7c9c%14c%10c%10c%11c%11c%12c3c3c5c5c%13c6c7c6c9c%10c%11c3c56)C824)SC(=C2SC3=C(SCCS3)S2)S1. The van der Waals surface area contributed by atoms with E-state index in [-0.39, 0.29) is 10.8 Å². The molecule has 0 radical (unpaired) electrons. The minimum Gasteiger partial charge on any atom is -0.118 e. The lowest BCUT2D eigenvalue weighted by molar-refractivity contribution is 0.731. The van der Waals surface area contributed by atoms with Crippen molar-refractivity contribution >= 4 is 373 Å². The molecule has 29 aromatic rings. The Hall–Kier alpha value is -6.65. The summed E-state index contributed by atoms with van der Waals surface area (Å²) in [7, 11) is 0. The lowest BCUT2D eigenvalue weighted by Gasteiger charge is -2.32. The molecule has 0 bridgehead atoms. The molecule has 0 unspecified atom stereocenters. The van der Waals surface area contributed by atoms with Gasteiger partial charge in [-0.2, -0.15) is 0 Å². The van der Waals surface area contributed by atoms with E-state index in [9.17, 15) is 0 Å². The first kappa shape index (κ1) is 37.3. The number of allylic oxidation sites excluding steroid dienone is 1.